The van der Waals surface area contributed by atoms with Gasteiger partial charge in [0.15, 0.2) is 11.6 Å². The number of rotatable bonds is 1. The highest BCUT2D eigenvalue weighted by Crippen LogP contribution is 2.35. The number of fused-ring (bicyclic) bond motifs is 2. The van der Waals surface area contributed by atoms with Crippen LogP contribution in [0, 0.1) is 18.6 Å². The average Bonchev–Trinajstić information content (AvgIpc) is 2.57. The molecule has 23 heavy (non-hydrogen) atoms. The predicted octanol–water partition coefficient (Wildman–Crippen LogP) is 5.70. The van der Waals surface area contributed by atoms with Crippen LogP contribution >= 0.6 is 0 Å². The van der Waals surface area contributed by atoms with Crippen molar-refractivity contribution in [3.8, 4) is 0 Å². The molecule has 1 unspecified atom stereocenters. The maximum Gasteiger partial charge on any atom is 0.162 e. The summed E-state index contributed by atoms with van der Waals surface area (Å²) in [7, 11) is 0. The molecule has 0 saturated heterocycles. The summed E-state index contributed by atoms with van der Waals surface area (Å²) in [6.07, 6.45) is 2.37. The van der Waals surface area contributed by atoms with Crippen molar-refractivity contribution < 1.29 is 8.78 Å². The van der Waals surface area contributed by atoms with Crippen LogP contribution < -0.4 is 0 Å². The summed E-state index contributed by atoms with van der Waals surface area (Å²) in [5.41, 5.74) is 3.98. The first-order chi connectivity index (χ1) is 11.1. The molecule has 0 saturated carbocycles. The lowest BCUT2D eigenvalue weighted by Gasteiger charge is -2.25. The van der Waals surface area contributed by atoms with Gasteiger partial charge in [0.05, 0.1) is 0 Å². The van der Waals surface area contributed by atoms with E-state index in [2.05, 4.69) is 43.3 Å². The van der Waals surface area contributed by atoms with Crippen LogP contribution in [0.2, 0.25) is 0 Å². The van der Waals surface area contributed by atoms with Gasteiger partial charge in [-0.05, 0) is 65.6 Å². The van der Waals surface area contributed by atoms with E-state index < -0.39 is 11.6 Å². The fraction of sp³-hybridized carbons (Fsp3) is 0.238. The Kier molecular flexibility index (Phi) is 3.41. The molecule has 0 aromatic heterocycles. The molecule has 0 nitrogen and oxygen atoms in total. The van der Waals surface area contributed by atoms with Crippen molar-refractivity contribution in [3.63, 3.8) is 0 Å². The minimum atomic E-state index is -0.738. The zero-order valence-electron chi connectivity index (χ0n) is 13.1. The van der Waals surface area contributed by atoms with E-state index in [1.165, 1.54) is 28.0 Å². The second-order valence-electron chi connectivity index (χ2n) is 6.55. The summed E-state index contributed by atoms with van der Waals surface area (Å²) in [5.74, 6) is -1.15. The molecule has 0 heterocycles. The van der Waals surface area contributed by atoms with Crippen molar-refractivity contribution in [2.24, 2.45) is 0 Å². The third-order valence-electron chi connectivity index (χ3n) is 5.00. The van der Waals surface area contributed by atoms with E-state index in [-0.39, 0.29) is 5.92 Å². The maximum atomic E-state index is 14.1. The molecule has 4 rings (SSSR count). The van der Waals surface area contributed by atoms with Gasteiger partial charge in [-0.2, -0.15) is 0 Å². The van der Waals surface area contributed by atoms with Crippen molar-refractivity contribution in [2.45, 2.75) is 32.1 Å². The fourth-order valence-corrected chi connectivity index (χ4v) is 3.69. The Labute approximate surface area is 134 Å². The quantitative estimate of drug-likeness (QED) is 0.541. The maximum absolute atomic E-state index is 14.1. The number of aryl methyl sites for hydroxylation is 2. The molecule has 0 amide bonds. The van der Waals surface area contributed by atoms with Crippen molar-refractivity contribution in [1.29, 1.82) is 0 Å². The summed E-state index contributed by atoms with van der Waals surface area (Å²) in [6.45, 7) is 2.09. The lowest BCUT2D eigenvalue weighted by atomic mass is 9.79. The average molecular weight is 308 g/mol. The first kappa shape index (κ1) is 14.4. The molecule has 0 radical (unpaired) electrons. The highest BCUT2D eigenvalue weighted by atomic mass is 19.2. The number of benzene rings is 3. The van der Waals surface area contributed by atoms with Gasteiger partial charge in [-0.25, -0.2) is 8.78 Å². The Balaban J connectivity index is 1.71. The molecule has 0 aliphatic heterocycles. The minimum Gasteiger partial charge on any atom is -0.204 e. The van der Waals surface area contributed by atoms with Crippen molar-refractivity contribution in [3.05, 3.63) is 82.4 Å². The van der Waals surface area contributed by atoms with Gasteiger partial charge in [0.2, 0.25) is 0 Å². The van der Waals surface area contributed by atoms with Gasteiger partial charge >= 0.3 is 0 Å². The van der Waals surface area contributed by atoms with Crippen LogP contribution in [0.4, 0.5) is 8.78 Å². The van der Waals surface area contributed by atoms with Crippen LogP contribution in [0.5, 0.6) is 0 Å². The Hall–Kier alpha value is -2.22. The zero-order chi connectivity index (χ0) is 16.0. The van der Waals surface area contributed by atoms with Crippen molar-refractivity contribution in [1.82, 2.24) is 0 Å². The lowest BCUT2D eigenvalue weighted by Crippen LogP contribution is -2.15. The monoisotopic (exact) mass is 308 g/mol. The summed E-state index contributed by atoms with van der Waals surface area (Å²) in [6, 6.07) is 15.8. The van der Waals surface area contributed by atoms with Crippen LogP contribution in [0.3, 0.4) is 0 Å². The van der Waals surface area contributed by atoms with Crippen molar-refractivity contribution in [2.75, 3.05) is 0 Å². The molecule has 0 N–H and O–H groups in total. The van der Waals surface area contributed by atoms with Gasteiger partial charge in [0.25, 0.3) is 0 Å². The van der Waals surface area contributed by atoms with E-state index in [0.29, 0.717) is 12.0 Å². The summed E-state index contributed by atoms with van der Waals surface area (Å²) in [4.78, 5) is 0. The Morgan fingerprint density at radius 2 is 1.70 bits per heavy atom. The Morgan fingerprint density at radius 3 is 2.57 bits per heavy atom. The van der Waals surface area contributed by atoms with Crippen LogP contribution in [0.15, 0.2) is 48.5 Å². The lowest BCUT2D eigenvalue weighted by molar-refractivity contribution is 0.476. The number of hydrogen-bond acceptors (Lipinski definition) is 0. The smallest absolute Gasteiger partial charge is 0.162 e. The molecule has 116 valence electrons. The SMILES string of the molecule is Cc1ccc2cc(C3CCc4ccc(F)c(F)c4C3)ccc2c1. The van der Waals surface area contributed by atoms with Crippen LogP contribution in [-0.2, 0) is 12.8 Å². The van der Waals surface area contributed by atoms with E-state index >= 15 is 0 Å². The highest BCUT2D eigenvalue weighted by Gasteiger charge is 2.24. The third kappa shape index (κ3) is 2.52. The van der Waals surface area contributed by atoms with Gasteiger partial charge in [-0.1, -0.05) is 48.0 Å². The number of hydrogen-bond donors (Lipinski definition) is 0. The van der Waals surface area contributed by atoms with Crippen LogP contribution in [-0.4, -0.2) is 0 Å². The van der Waals surface area contributed by atoms with E-state index in [1.54, 1.807) is 6.07 Å². The van der Waals surface area contributed by atoms with Gasteiger partial charge in [0.1, 0.15) is 0 Å². The molecule has 3 aromatic rings. The molecular weight excluding hydrogens is 290 g/mol. The van der Waals surface area contributed by atoms with E-state index in [1.807, 2.05) is 0 Å². The Morgan fingerprint density at radius 1 is 0.913 bits per heavy atom. The molecule has 2 heteroatoms. The highest BCUT2D eigenvalue weighted by molar-refractivity contribution is 5.84. The molecular formula is C21H18F2. The molecule has 1 atom stereocenters. The minimum absolute atomic E-state index is 0.254. The second kappa shape index (κ2) is 5.45. The molecule has 1 aliphatic carbocycles. The number of halogens is 2. The molecule has 3 aromatic carbocycles. The van der Waals surface area contributed by atoms with E-state index in [9.17, 15) is 8.78 Å². The van der Waals surface area contributed by atoms with Gasteiger partial charge < -0.3 is 0 Å². The third-order valence-corrected chi connectivity index (χ3v) is 5.00. The summed E-state index contributed by atoms with van der Waals surface area (Å²) < 4.78 is 27.6. The summed E-state index contributed by atoms with van der Waals surface area (Å²) in [5, 5.41) is 2.43. The predicted molar refractivity (Wildman–Crippen MR) is 89.8 cm³/mol. The molecule has 1 aliphatic rings. The second-order valence-corrected chi connectivity index (χ2v) is 6.55. The van der Waals surface area contributed by atoms with E-state index in [4.69, 9.17) is 0 Å². The summed E-state index contributed by atoms with van der Waals surface area (Å²) >= 11 is 0. The molecule has 0 bridgehead atoms. The van der Waals surface area contributed by atoms with Crippen molar-refractivity contribution >= 4 is 10.8 Å². The normalized spacial score (nSPS) is 17.3. The van der Waals surface area contributed by atoms with Crippen LogP contribution in [0.1, 0.15) is 34.6 Å². The zero-order valence-corrected chi connectivity index (χ0v) is 13.1. The fourth-order valence-electron chi connectivity index (χ4n) is 3.69. The van der Waals surface area contributed by atoms with E-state index in [0.717, 1.165) is 18.4 Å². The standard InChI is InChI=1S/C21H18F2/c1-13-2-3-16-11-17(7-6-15(16)10-13)18-5-4-14-8-9-20(22)21(23)19(14)12-18/h2-3,6-11,18H,4-5,12H2,1H3. The largest absolute Gasteiger partial charge is 0.204 e. The van der Waals surface area contributed by atoms with Gasteiger partial charge in [-0.15, -0.1) is 0 Å². The molecule has 0 spiro atoms. The Bertz CT molecular complexity index is 896. The molecule has 0 fully saturated rings. The van der Waals surface area contributed by atoms with Gasteiger partial charge in [0, 0.05) is 0 Å². The first-order valence-electron chi connectivity index (χ1n) is 8.08. The van der Waals surface area contributed by atoms with Gasteiger partial charge in [-0.3, -0.25) is 0 Å². The topological polar surface area (TPSA) is 0 Å². The van der Waals surface area contributed by atoms with Crippen LogP contribution in [0.25, 0.3) is 10.8 Å². The first-order valence-corrected chi connectivity index (χ1v) is 8.08.